The summed E-state index contributed by atoms with van der Waals surface area (Å²) >= 11 is 0. The lowest BCUT2D eigenvalue weighted by molar-refractivity contribution is 0.563. The lowest BCUT2D eigenvalue weighted by Crippen LogP contribution is -2.23. The van der Waals surface area contributed by atoms with Crippen LogP contribution in [-0.2, 0) is 13.0 Å². The minimum atomic E-state index is 0.135. The molecule has 2 heterocycles. The van der Waals surface area contributed by atoms with Crippen LogP contribution in [0.4, 0.5) is 5.82 Å². The third-order valence-electron chi connectivity index (χ3n) is 2.77. The van der Waals surface area contributed by atoms with E-state index in [2.05, 4.69) is 16.0 Å². The molecule has 4 nitrogen and oxygen atoms in total. The van der Waals surface area contributed by atoms with Gasteiger partial charge in [0, 0.05) is 31.4 Å². The van der Waals surface area contributed by atoms with E-state index in [1.165, 1.54) is 5.56 Å². The second-order valence-electron chi connectivity index (χ2n) is 4.66. The summed E-state index contributed by atoms with van der Waals surface area (Å²) in [5, 5.41) is 0. The molecule has 0 spiro atoms. The van der Waals surface area contributed by atoms with Crippen LogP contribution in [0.1, 0.15) is 18.1 Å². The van der Waals surface area contributed by atoms with Crippen molar-refractivity contribution in [1.82, 2.24) is 4.98 Å². The van der Waals surface area contributed by atoms with Crippen LogP contribution in [0.2, 0.25) is 0 Å². The number of hydrogen-bond donors (Lipinski definition) is 1. The number of anilines is 1. The summed E-state index contributed by atoms with van der Waals surface area (Å²) in [6.07, 6.45) is 6.08. The Labute approximate surface area is 107 Å². The van der Waals surface area contributed by atoms with Gasteiger partial charge in [0.1, 0.15) is 5.82 Å². The topological polar surface area (TPSA) is 55.3 Å². The molecule has 0 bridgehead atoms. The lowest BCUT2D eigenvalue weighted by Gasteiger charge is -2.21. The van der Waals surface area contributed by atoms with E-state index in [1.807, 2.05) is 32.3 Å². The molecule has 0 fully saturated rings. The number of nitrogens with zero attached hydrogens (tertiary/aromatic N) is 2. The third kappa shape index (κ3) is 3.11. The molecule has 0 aliphatic carbocycles. The molecule has 1 unspecified atom stereocenters. The van der Waals surface area contributed by atoms with Crippen LogP contribution in [-0.4, -0.2) is 18.1 Å². The monoisotopic (exact) mass is 245 g/mol. The van der Waals surface area contributed by atoms with Crippen LogP contribution in [0.25, 0.3) is 0 Å². The molecule has 2 aromatic heterocycles. The molecular formula is C14H19N3O. The second kappa shape index (κ2) is 5.69. The maximum Gasteiger partial charge on any atom is 0.131 e. The molecule has 0 saturated heterocycles. The Morgan fingerprint density at radius 3 is 2.94 bits per heavy atom. The normalized spacial score (nSPS) is 12.4. The number of rotatable bonds is 5. The first-order chi connectivity index (χ1) is 8.66. The average molecular weight is 245 g/mol. The van der Waals surface area contributed by atoms with Crippen molar-refractivity contribution in [2.24, 2.45) is 5.73 Å². The Hall–Kier alpha value is -1.81. The van der Waals surface area contributed by atoms with Gasteiger partial charge in [-0.2, -0.15) is 0 Å². The molecule has 18 heavy (non-hydrogen) atoms. The number of furan rings is 1. The van der Waals surface area contributed by atoms with E-state index in [0.29, 0.717) is 0 Å². The molecule has 0 aliphatic heterocycles. The van der Waals surface area contributed by atoms with Gasteiger partial charge < -0.3 is 15.1 Å². The minimum Gasteiger partial charge on any atom is -0.472 e. The van der Waals surface area contributed by atoms with Crippen molar-refractivity contribution < 1.29 is 4.42 Å². The highest BCUT2D eigenvalue weighted by atomic mass is 16.3. The van der Waals surface area contributed by atoms with Crippen LogP contribution in [0.3, 0.4) is 0 Å². The summed E-state index contributed by atoms with van der Waals surface area (Å²) in [6, 6.07) is 6.13. The Morgan fingerprint density at radius 1 is 1.44 bits per heavy atom. The molecule has 4 heteroatoms. The highest BCUT2D eigenvalue weighted by Gasteiger charge is 2.10. The Morgan fingerprint density at radius 2 is 2.28 bits per heavy atom. The van der Waals surface area contributed by atoms with Crippen LogP contribution in [0.5, 0.6) is 0 Å². The van der Waals surface area contributed by atoms with Gasteiger partial charge >= 0.3 is 0 Å². The van der Waals surface area contributed by atoms with Crippen LogP contribution in [0, 0.1) is 0 Å². The van der Waals surface area contributed by atoms with Gasteiger partial charge in [0.15, 0.2) is 0 Å². The van der Waals surface area contributed by atoms with Gasteiger partial charge in [-0.25, -0.2) is 4.98 Å². The number of hydrogen-bond acceptors (Lipinski definition) is 4. The number of pyridine rings is 1. The van der Waals surface area contributed by atoms with Crippen LogP contribution >= 0.6 is 0 Å². The largest absolute Gasteiger partial charge is 0.472 e. The summed E-state index contributed by atoms with van der Waals surface area (Å²) in [7, 11) is 2.03. The Balaban J connectivity index is 2.16. The van der Waals surface area contributed by atoms with Crippen molar-refractivity contribution in [1.29, 1.82) is 0 Å². The summed E-state index contributed by atoms with van der Waals surface area (Å²) in [5.41, 5.74) is 8.18. The van der Waals surface area contributed by atoms with E-state index >= 15 is 0 Å². The first-order valence-corrected chi connectivity index (χ1v) is 6.08. The molecule has 96 valence electrons. The smallest absolute Gasteiger partial charge is 0.131 e. The standard InChI is InChI=1S/C14H19N3O/c1-11(15)8-13-4-3-6-16-14(13)17(2)9-12-5-7-18-10-12/h3-7,10-11H,8-9,15H2,1-2H3. The van der Waals surface area contributed by atoms with Crippen molar-refractivity contribution in [3.05, 3.63) is 48.0 Å². The zero-order valence-electron chi connectivity index (χ0n) is 10.8. The molecule has 2 N–H and O–H groups in total. The fourth-order valence-electron chi connectivity index (χ4n) is 2.01. The van der Waals surface area contributed by atoms with E-state index in [1.54, 1.807) is 12.5 Å². The van der Waals surface area contributed by atoms with Crippen molar-refractivity contribution in [3.8, 4) is 0 Å². The Kier molecular flexibility index (Phi) is 3.99. The SMILES string of the molecule is CC(N)Cc1cccnc1N(C)Cc1ccoc1. The van der Waals surface area contributed by atoms with E-state index < -0.39 is 0 Å². The first kappa shape index (κ1) is 12.6. The van der Waals surface area contributed by atoms with Gasteiger partial charge in [0.25, 0.3) is 0 Å². The van der Waals surface area contributed by atoms with E-state index in [4.69, 9.17) is 10.2 Å². The fourth-order valence-corrected chi connectivity index (χ4v) is 2.01. The lowest BCUT2D eigenvalue weighted by atomic mass is 10.1. The van der Waals surface area contributed by atoms with Crippen molar-refractivity contribution in [3.63, 3.8) is 0 Å². The zero-order chi connectivity index (χ0) is 13.0. The summed E-state index contributed by atoms with van der Waals surface area (Å²) in [4.78, 5) is 6.57. The molecule has 0 aliphatic rings. The molecule has 2 aromatic rings. The molecule has 0 aromatic carbocycles. The summed E-state index contributed by atoms with van der Waals surface area (Å²) in [6.45, 7) is 2.78. The van der Waals surface area contributed by atoms with E-state index in [-0.39, 0.29) is 6.04 Å². The van der Waals surface area contributed by atoms with Gasteiger partial charge in [-0.3, -0.25) is 0 Å². The predicted molar refractivity (Wildman–Crippen MR) is 72.4 cm³/mol. The molecular weight excluding hydrogens is 226 g/mol. The quantitative estimate of drug-likeness (QED) is 0.877. The highest BCUT2D eigenvalue weighted by Crippen LogP contribution is 2.19. The van der Waals surface area contributed by atoms with Crippen molar-refractivity contribution in [2.45, 2.75) is 25.9 Å². The molecule has 2 rings (SSSR count). The number of nitrogens with two attached hydrogens (primary N) is 1. The molecule has 0 radical (unpaired) electrons. The summed E-state index contributed by atoms with van der Waals surface area (Å²) in [5.74, 6) is 0.982. The van der Waals surface area contributed by atoms with Crippen LogP contribution < -0.4 is 10.6 Å². The Bertz CT molecular complexity index is 480. The van der Waals surface area contributed by atoms with Crippen LogP contribution in [0.15, 0.2) is 41.3 Å². The van der Waals surface area contributed by atoms with Gasteiger partial charge in [0.2, 0.25) is 0 Å². The summed E-state index contributed by atoms with van der Waals surface area (Å²) < 4.78 is 5.08. The van der Waals surface area contributed by atoms with E-state index in [0.717, 1.165) is 24.3 Å². The minimum absolute atomic E-state index is 0.135. The predicted octanol–water partition coefficient (Wildman–Crippen LogP) is 2.20. The van der Waals surface area contributed by atoms with E-state index in [9.17, 15) is 0 Å². The van der Waals surface area contributed by atoms with Gasteiger partial charge in [-0.15, -0.1) is 0 Å². The molecule has 0 saturated carbocycles. The highest BCUT2D eigenvalue weighted by molar-refractivity contribution is 5.46. The third-order valence-corrected chi connectivity index (χ3v) is 2.77. The average Bonchev–Trinajstić information content (AvgIpc) is 2.81. The van der Waals surface area contributed by atoms with Gasteiger partial charge in [-0.1, -0.05) is 6.07 Å². The fraction of sp³-hybridized carbons (Fsp3) is 0.357. The first-order valence-electron chi connectivity index (χ1n) is 6.08. The van der Waals surface area contributed by atoms with Crippen molar-refractivity contribution >= 4 is 5.82 Å². The number of aromatic nitrogens is 1. The zero-order valence-corrected chi connectivity index (χ0v) is 10.8. The maximum absolute atomic E-state index is 5.87. The molecule has 0 amide bonds. The van der Waals surface area contributed by atoms with Gasteiger partial charge in [0.05, 0.1) is 12.5 Å². The van der Waals surface area contributed by atoms with Crippen molar-refractivity contribution in [2.75, 3.05) is 11.9 Å². The maximum atomic E-state index is 5.87. The van der Waals surface area contributed by atoms with Gasteiger partial charge in [-0.05, 0) is 31.0 Å². The molecule has 1 atom stereocenters. The second-order valence-corrected chi connectivity index (χ2v) is 4.66.